The zero-order valence-electron chi connectivity index (χ0n) is 11.0. The first-order valence-electron chi connectivity index (χ1n) is 5.85. The highest BCUT2D eigenvalue weighted by molar-refractivity contribution is 8.00. The van der Waals surface area contributed by atoms with Gasteiger partial charge in [-0.3, -0.25) is 0 Å². The standard InChI is InChI=1S/C12H26NS2/c1-9(2)7-14-11(5)13-12(6)15-8-10(3)4/h9-12H,7-8H2,1-6H3. The first kappa shape index (κ1) is 15.7. The van der Waals surface area contributed by atoms with Gasteiger partial charge in [-0.15, -0.1) is 23.5 Å². The van der Waals surface area contributed by atoms with Crippen LogP contribution in [0.25, 0.3) is 0 Å². The molecule has 15 heavy (non-hydrogen) atoms. The lowest BCUT2D eigenvalue weighted by atomic mass is 10.3. The van der Waals surface area contributed by atoms with Crippen LogP contribution in [-0.4, -0.2) is 22.3 Å². The summed E-state index contributed by atoms with van der Waals surface area (Å²) in [6.07, 6.45) is 0. The van der Waals surface area contributed by atoms with E-state index in [9.17, 15) is 0 Å². The van der Waals surface area contributed by atoms with Crippen molar-refractivity contribution >= 4 is 23.5 Å². The molecule has 0 aromatic rings. The second-order valence-corrected chi connectivity index (χ2v) is 7.50. The van der Waals surface area contributed by atoms with Gasteiger partial charge >= 0.3 is 0 Å². The van der Waals surface area contributed by atoms with Crippen LogP contribution in [0, 0.1) is 11.8 Å². The van der Waals surface area contributed by atoms with E-state index >= 15 is 0 Å². The van der Waals surface area contributed by atoms with E-state index in [4.69, 9.17) is 5.32 Å². The minimum atomic E-state index is 0.446. The Morgan fingerprint density at radius 2 is 1.07 bits per heavy atom. The highest BCUT2D eigenvalue weighted by Gasteiger charge is 2.10. The van der Waals surface area contributed by atoms with Gasteiger partial charge in [-0.1, -0.05) is 27.7 Å². The van der Waals surface area contributed by atoms with Crippen molar-refractivity contribution in [2.24, 2.45) is 11.8 Å². The monoisotopic (exact) mass is 248 g/mol. The quantitative estimate of drug-likeness (QED) is 0.643. The lowest BCUT2D eigenvalue weighted by molar-refractivity contribution is 0.655. The highest BCUT2D eigenvalue weighted by atomic mass is 32.2. The first-order chi connectivity index (χ1) is 6.91. The van der Waals surface area contributed by atoms with Gasteiger partial charge in [-0.25, -0.2) is 5.32 Å². The first-order valence-corrected chi connectivity index (χ1v) is 7.94. The Kier molecular flexibility index (Phi) is 9.16. The maximum Gasteiger partial charge on any atom is 0.0684 e. The van der Waals surface area contributed by atoms with E-state index in [1.807, 2.05) is 23.5 Å². The van der Waals surface area contributed by atoms with E-state index in [0.717, 1.165) is 11.8 Å². The fraction of sp³-hybridized carbons (Fsp3) is 1.00. The maximum atomic E-state index is 4.75. The summed E-state index contributed by atoms with van der Waals surface area (Å²) in [6.45, 7) is 13.5. The molecule has 0 N–H and O–H groups in total. The summed E-state index contributed by atoms with van der Waals surface area (Å²) in [7, 11) is 0. The molecule has 0 fully saturated rings. The van der Waals surface area contributed by atoms with Crippen LogP contribution in [0.5, 0.6) is 0 Å². The highest BCUT2D eigenvalue weighted by Crippen LogP contribution is 2.19. The topological polar surface area (TPSA) is 14.1 Å². The van der Waals surface area contributed by atoms with Gasteiger partial charge in [0.25, 0.3) is 0 Å². The van der Waals surface area contributed by atoms with Crippen molar-refractivity contribution in [2.45, 2.75) is 52.3 Å². The number of hydrogen-bond acceptors (Lipinski definition) is 2. The van der Waals surface area contributed by atoms with Gasteiger partial charge < -0.3 is 0 Å². The second kappa shape index (κ2) is 8.77. The molecule has 91 valence electrons. The molecule has 0 spiro atoms. The van der Waals surface area contributed by atoms with Crippen molar-refractivity contribution in [3.05, 3.63) is 0 Å². The van der Waals surface area contributed by atoms with Gasteiger partial charge in [0.1, 0.15) is 0 Å². The molecule has 2 atom stereocenters. The summed E-state index contributed by atoms with van der Waals surface area (Å²) < 4.78 is 0. The maximum absolute atomic E-state index is 4.75. The molecule has 0 saturated heterocycles. The Bertz CT molecular complexity index is 133. The van der Waals surface area contributed by atoms with Crippen molar-refractivity contribution in [3.8, 4) is 0 Å². The summed E-state index contributed by atoms with van der Waals surface area (Å²) in [5, 5.41) is 5.64. The number of nitrogens with zero attached hydrogens (tertiary/aromatic N) is 1. The molecular formula is C12H26NS2. The van der Waals surface area contributed by atoms with Crippen molar-refractivity contribution in [1.82, 2.24) is 5.32 Å². The SMILES string of the molecule is CC(C)CSC(C)[N]C(C)SCC(C)C. The Balaban J connectivity index is 3.52. The Morgan fingerprint density at radius 3 is 1.33 bits per heavy atom. The molecule has 0 aromatic carbocycles. The van der Waals surface area contributed by atoms with E-state index < -0.39 is 0 Å². The minimum absolute atomic E-state index is 0.446. The van der Waals surface area contributed by atoms with E-state index in [1.54, 1.807) is 0 Å². The van der Waals surface area contributed by atoms with Gasteiger partial charge in [0.15, 0.2) is 0 Å². The molecule has 0 aliphatic carbocycles. The number of thioether (sulfide) groups is 2. The fourth-order valence-corrected chi connectivity index (χ4v) is 2.99. The largest absolute Gasteiger partial charge is 0.214 e. The van der Waals surface area contributed by atoms with Crippen LogP contribution in [0.15, 0.2) is 0 Å². The van der Waals surface area contributed by atoms with Gasteiger partial charge in [0.05, 0.1) is 10.7 Å². The van der Waals surface area contributed by atoms with Gasteiger partial charge in [-0.05, 0) is 37.2 Å². The van der Waals surface area contributed by atoms with Gasteiger partial charge in [0.2, 0.25) is 0 Å². The zero-order valence-corrected chi connectivity index (χ0v) is 12.6. The van der Waals surface area contributed by atoms with Gasteiger partial charge in [-0.2, -0.15) is 0 Å². The molecule has 1 nitrogen and oxygen atoms in total. The average molecular weight is 248 g/mol. The molecular weight excluding hydrogens is 222 g/mol. The van der Waals surface area contributed by atoms with Crippen molar-refractivity contribution in [2.75, 3.05) is 11.5 Å². The lowest BCUT2D eigenvalue weighted by Gasteiger charge is -2.18. The average Bonchev–Trinajstić information content (AvgIpc) is 2.11. The Labute approximate surface area is 105 Å². The number of hydrogen-bond donors (Lipinski definition) is 0. The minimum Gasteiger partial charge on any atom is -0.214 e. The van der Waals surface area contributed by atoms with Crippen molar-refractivity contribution < 1.29 is 0 Å². The summed E-state index contributed by atoms with van der Waals surface area (Å²) in [5.74, 6) is 3.97. The molecule has 0 rings (SSSR count). The zero-order chi connectivity index (χ0) is 11.8. The Hall–Kier alpha value is 0.660. The summed E-state index contributed by atoms with van der Waals surface area (Å²) >= 11 is 3.93. The molecule has 0 aliphatic rings. The third kappa shape index (κ3) is 10.9. The molecule has 0 bridgehead atoms. The van der Waals surface area contributed by atoms with Crippen LogP contribution >= 0.6 is 23.5 Å². The predicted molar refractivity (Wildman–Crippen MR) is 75.7 cm³/mol. The molecule has 0 saturated carbocycles. The van der Waals surface area contributed by atoms with Crippen LogP contribution in [-0.2, 0) is 0 Å². The molecule has 1 radical (unpaired) electrons. The normalized spacial score (nSPS) is 16.0. The fourth-order valence-electron chi connectivity index (χ4n) is 1.05. The molecule has 0 heterocycles. The number of rotatable bonds is 8. The van der Waals surface area contributed by atoms with E-state index in [-0.39, 0.29) is 0 Å². The smallest absolute Gasteiger partial charge is 0.0684 e. The molecule has 0 aliphatic heterocycles. The second-order valence-electron chi connectivity index (χ2n) is 4.80. The van der Waals surface area contributed by atoms with Crippen LogP contribution in [0.2, 0.25) is 0 Å². The van der Waals surface area contributed by atoms with Crippen LogP contribution in [0.3, 0.4) is 0 Å². The van der Waals surface area contributed by atoms with Crippen molar-refractivity contribution in [3.63, 3.8) is 0 Å². The molecule has 0 aromatic heterocycles. The predicted octanol–water partition coefficient (Wildman–Crippen LogP) is 4.06. The summed E-state index contributed by atoms with van der Waals surface area (Å²) in [5.41, 5.74) is 0. The third-order valence-corrected chi connectivity index (χ3v) is 4.69. The van der Waals surface area contributed by atoms with E-state index in [2.05, 4.69) is 41.5 Å². The van der Waals surface area contributed by atoms with Crippen LogP contribution in [0.1, 0.15) is 41.5 Å². The Morgan fingerprint density at radius 1 is 0.733 bits per heavy atom. The molecule has 2 unspecified atom stereocenters. The van der Waals surface area contributed by atoms with Crippen LogP contribution < -0.4 is 5.32 Å². The summed E-state index contributed by atoms with van der Waals surface area (Å²) in [6, 6.07) is 0. The van der Waals surface area contributed by atoms with Crippen LogP contribution in [0.4, 0.5) is 0 Å². The van der Waals surface area contributed by atoms with Gasteiger partial charge in [0, 0.05) is 0 Å². The third-order valence-electron chi connectivity index (χ3n) is 1.76. The summed E-state index contributed by atoms with van der Waals surface area (Å²) in [4.78, 5) is 0. The van der Waals surface area contributed by atoms with Crippen molar-refractivity contribution in [1.29, 1.82) is 0 Å². The lowest BCUT2D eigenvalue weighted by Crippen LogP contribution is -2.23. The molecule has 0 amide bonds. The molecule has 3 heteroatoms. The van der Waals surface area contributed by atoms with E-state index in [0.29, 0.717) is 10.7 Å². The van der Waals surface area contributed by atoms with E-state index in [1.165, 1.54) is 11.5 Å².